The molecule has 2 heterocycles. The Kier molecular flexibility index (Phi) is 3.87. The highest BCUT2D eigenvalue weighted by Crippen LogP contribution is 2.30. The number of nitrogens with one attached hydrogen (secondary N) is 1. The van der Waals surface area contributed by atoms with Gasteiger partial charge >= 0.3 is 0 Å². The fourth-order valence-corrected chi connectivity index (χ4v) is 2.54. The van der Waals surface area contributed by atoms with E-state index in [2.05, 4.69) is 10.5 Å². The lowest BCUT2D eigenvalue weighted by Gasteiger charge is -2.18. The van der Waals surface area contributed by atoms with Gasteiger partial charge in [0.05, 0.1) is 10.6 Å². The summed E-state index contributed by atoms with van der Waals surface area (Å²) in [5.74, 6) is 1.24. The van der Waals surface area contributed by atoms with Crippen molar-refractivity contribution in [3.05, 3.63) is 46.2 Å². The molecule has 1 aromatic heterocycles. The molecule has 0 aliphatic carbocycles. The summed E-state index contributed by atoms with van der Waals surface area (Å²) in [6, 6.07) is 9.20. The predicted molar refractivity (Wildman–Crippen MR) is 81.4 cm³/mol. The minimum Gasteiger partial charge on any atom is -0.486 e. The van der Waals surface area contributed by atoms with Crippen LogP contribution in [0.5, 0.6) is 11.5 Å². The Balaban J connectivity index is 1.74. The van der Waals surface area contributed by atoms with Gasteiger partial charge in [-0.25, -0.2) is 5.43 Å². The maximum Gasteiger partial charge on any atom is 0.281 e. The number of nitrogens with zero attached hydrogens (tertiary/aromatic N) is 1. The molecule has 3 rings (SSSR count). The van der Waals surface area contributed by atoms with Crippen LogP contribution in [0.2, 0.25) is 0 Å². The number of rotatable bonds is 3. The molecular formula is C15H14N2O3S. The highest BCUT2D eigenvalue weighted by molar-refractivity contribution is 7.12. The van der Waals surface area contributed by atoms with Gasteiger partial charge in [-0.1, -0.05) is 6.07 Å². The molecule has 1 aliphatic rings. The number of carbonyl (C=O) groups excluding carboxylic acids is 1. The quantitative estimate of drug-likeness (QED) is 0.700. The molecule has 0 atom stereocenters. The number of amides is 1. The highest BCUT2D eigenvalue weighted by atomic mass is 32.1. The van der Waals surface area contributed by atoms with E-state index < -0.39 is 0 Å². The summed E-state index contributed by atoms with van der Waals surface area (Å²) in [5.41, 5.74) is 4.14. The van der Waals surface area contributed by atoms with E-state index in [0.717, 1.165) is 11.3 Å². The predicted octanol–water partition coefficient (Wildman–Crippen LogP) is 2.67. The minimum atomic E-state index is -0.207. The van der Waals surface area contributed by atoms with Gasteiger partial charge in [0.15, 0.2) is 11.5 Å². The van der Waals surface area contributed by atoms with Crippen LogP contribution >= 0.6 is 11.3 Å². The first kappa shape index (κ1) is 13.6. The van der Waals surface area contributed by atoms with Crippen LogP contribution in [0.25, 0.3) is 0 Å². The van der Waals surface area contributed by atoms with Crippen LogP contribution in [0.4, 0.5) is 0 Å². The zero-order valence-electron chi connectivity index (χ0n) is 11.5. The summed E-state index contributed by atoms with van der Waals surface area (Å²) in [5, 5.41) is 5.98. The lowest BCUT2D eigenvalue weighted by Crippen LogP contribution is -2.18. The zero-order chi connectivity index (χ0) is 14.7. The molecule has 0 saturated heterocycles. The number of benzene rings is 1. The average molecular weight is 302 g/mol. The Morgan fingerprint density at radius 1 is 1.24 bits per heavy atom. The van der Waals surface area contributed by atoms with Crippen LogP contribution in [0, 0.1) is 0 Å². The van der Waals surface area contributed by atoms with Crippen LogP contribution in [0.1, 0.15) is 22.2 Å². The topological polar surface area (TPSA) is 59.9 Å². The molecule has 108 valence electrons. The van der Waals surface area contributed by atoms with E-state index in [0.29, 0.717) is 29.6 Å². The Bertz CT molecular complexity index is 680. The summed E-state index contributed by atoms with van der Waals surface area (Å²) >= 11 is 1.38. The molecular weight excluding hydrogens is 288 g/mol. The molecule has 2 aromatic rings. The first-order valence-corrected chi connectivity index (χ1v) is 7.40. The summed E-state index contributed by atoms with van der Waals surface area (Å²) in [7, 11) is 0. The van der Waals surface area contributed by atoms with Crippen molar-refractivity contribution in [2.75, 3.05) is 13.2 Å². The Morgan fingerprint density at radius 2 is 2.05 bits per heavy atom. The van der Waals surface area contributed by atoms with Crippen LogP contribution in [-0.4, -0.2) is 24.8 Å². The second-order valence-electron chi connectivity index (χ2n) is 4.47. The Hall–Kier alpha value is -2.34. The van der Waals surface area contributed by atoms with E-state index >= 15 is 0 Å². The maximum atomic E-state index is 11.8. The van der Waals surface area contributed by atoms with Crippen LogP contribution in [0.15, 0.2) is 40.8 Å². The van der Waals surface area contributed by atoms with E-state index in [1.54, 1.807) is 6.07 Å². The zero-order valence-corrected chi connectivity index (χ0v) is 12.3. The third-order valence-corrected chi connectivity index (χ3v) is 3.90. The van der Waals surface area contributed by atoms with Gasteiger partial charge < -0.3 is 9.47 Å². The average Bonchev–Trinajstić information content (AvgIpc) is 3.06. The number of hydrogen-bond acceptors (Lipinski definition) is 5. The van der Waals surface area contributed by atoms with Crippen molar-refractivity contribution < 1.29 is 14.3 Å². The van der Waals surface area contributed by atoms with E-state index in [4.69, 9.17) is 9.47 Å². The number of ether oxygens (including phenoxy) is 2. The highest BCUT2D eigenvalue weighted by Gasteiger charge is 2.13. The van der Waals surface area contributed by atoms with Gasteiger partial charge in [-0.05, 0) is 36.6 Å². The first-order valence-electron chi connectivity index (χ1n) is 6.52. The molecule has 0 saturated carbocycles. The van der Waals surface area contributed by atoms with Gasteiger partial charge in [-0.2, -0.15) is 5.10 Å². The van der Waals surface area contributed by atoms with Gasteiger partial charge in [0.25, 0.3) is 5.91 Å². The van der Waals surface area contributed by atoms with Gasteiger partial charge in [0.2, 0.25) is 0 Å². The van der Waals surface area contributed by atoms with Gasteiger partial charge in [-0.15, -0.1) is 11.3 Å². The number of carbonyl (C=O) groups is 1. The Labute approximate surface area is 126 Å². The van der Waals surface area contributed by atoms with Crippen molar-refractivity contribution in [2.45, 2.75) is 6.92 Å². The molecule has 0 bridgehead atoms. The fourth-order valence-electron chi connectivity index (χ4n) is 1.93. The van der Waals surface area contributed by atoms with Gasteiger partial charge in [0.1, 0.15) is 13.2 Å². The third kappa shape index (κ3) is 3.05. The van der Waals surface area contributed by atoms with Crippen molar-refractivity contribution >= 4 is 23.0 Å². The van der Waals surface area contributed by atoms with Crippen LogP contribution in [-0.2, 0) is 0 Å². The normalized spacial score (nSPS) is 13.9. The standard InChI is InChI=1S/C15H14N2O3S/c1-10(16-17-15(18)14-3-2-8-21-14)11-4-5-12-13(9-11)20-7-6-19-12/h2-5,8-9H,6-7H2,1H3,(H,17,18)/b16-10+. The van der Waals surface area contributed by atoms with Crippen molar-refractivity contribution in [1.29, 1.82) is 0 Å². The molecule has 0 fully saturated rings. The van der Waals surface area contributed by atoms with Crippen molar-refractivity contribution in [3.8, 4) is 11.5 Å². The molecule has 1 N–H and O–H groups in total. The molecule has 0 radical (unpaired) electrons. The van der Waals surface area contributed by atoms with E-state index in [1.807, 2.05) is 36.6 Å². The smallest absolute Gasteiger partial charge is 0.281 e. The molecule has 0 unspecified atom stereocenters. The van der Waals surface area contributed by atoms with Crippen molar-refractivity contribution in [3.63, 3.8) is 0 Å². The molecule has 6 heteroatoms. The second-order valence-corrected chi connectivity index (χ2v) is 5.42. The van der Waals surface area contributed by atoms with E-state index in [9.17, 15) is 4.79 Å². The Morgan fingerprint density at radius 3 is 2.81 bits per heavy atom. The number of hydrogen-bond donors (Lipinski definition) is 1. The molecule has 1 amide bonds. The lowest BCUT2D eigenvalue weighted by molar-refractivity contribution is 0.0959. The SMILES string of the molecule is C/C(=N\NC(=O)c1cccs1)c1ccc2c(c1)OCCO2. The summed E-state index contributed by atoms with van der Waals surface area (Å²) in [6.45, 7) is 2.94. The molecule has 0 spiro atoms. The summed E-state index contributed by atoms with van der Waals surface area (Å²) in [4.78, 5) is 12.5. The van der Waals surface area contributed by atoms with Crippen molar-refractivity contribution in [1.82, 2.24) is 5.43 Å². The first-order chi connectivity index (χ1) is 10.2. The van der Waals surface area contributed by atoms with Crippen LogP contribution in [0.3, 0.4) is 0 Å². The number of hydrazone groups is 1. The molecule has 1 aliphatic heterocycles. The summed E-state index contributed by atoms with van der Waals surface area (Å²) < 4.78 is 11.0. The molecule has 21 heavy (non-hydrogen) atoms. The number of thiophene rings is 1. The van der Waals surface area contributed by atoms with Gasteiger partial charge in [0, 0.05) is 5.56 Å². The van der Waals surface area contributed by atoms with Crippen molar-refractivity contribution in [2.24, 2.45) is 5.10 Å². The van der Waals surface area contributed by atoms with Crippen LogP contribution < -0.4 is 14.9 Å². The maximum absolute atomic E-state index is 11.8. The fraction of sp³-hybridized carbons (Fsp3) is 0.200. The monoisotopic (exact) mass is 302 g/mol. The summed E-state index contributed by atoms with van der Waals surface area (Å²) in [6.07, 6.45) is 0. The number of fused-ring (bicyclic) bond motifs is 1. The van der Waals surface area contributed by atoms with E-state index in [-0.39, 0.29) is 5.91 Å². The molecule has 1 aromatic carbocycles. The van der Waals surface area contributed by atoms with Gasteiger partial charge in [-0.3, -0.25) is 4.79 Å². The minimum absolute atomic E-state index is 0.207. The third-order valence-electron chi connectivity index (χ3n) is 3.03. The largest absolute Gasteiger partial charge is 0.486 e. The molecule has 5 nitrogen and oxygen atoms in total. The van der Waals surface area contributed by atoms with E-state index in [1.165, 1.54) is 11.3 Å². The second kappa shape index (κ2) is 5.97. The lowest BCUT2D eigenvalue weighted by atomic mass is 10.1.